The van der Waals surface area contributed by atoms with Crippen molar-refractivity contribution in [1.82, 2.24) is 0 Å². The van der Waals surface area contributed by atoms with Crippen LogP contribution >= 0.6 is 11.8 Å². The molecule has 2 nitrogen and oxygen atoms in total. The fourth-order valence-electron chi connectivity index (χ4n) is 1.81. The number of rotatable bonds is 5. The molecule has 0 aliphatic carbocycles. The van der Waals surface area contributed by atoms with Crippen LogP contribution in [0.25, 0.3) is 0 Å². The Bertz CT molecular complexity index is 604. The van der Waals surface area contributed by atoms with Crippen LogP contribution in [-0.4, -0.2) is 5.75 Å². The number of thioether (sulfide) groups is 1. The summed E-state index contributed by atoms with van der Waals surface area (Å²) in [6, 6.07) is 9.29. The van der Waals surface area contributed by atoms with Crippen LogP contribution in [0.1, 0.15) is 12.5 Å². The lowest BCUT2D eigenvalue weighted by molar-refractivity contribution is 0.412. The van der Waals surface area contributed by atoms with Crippen LogP contribution in [0, 0.1) is 11.6 Å². The van der Waals surface area contributed by atoms with E-state index in [-0.39, 0.29) is 12.3 Å². The highest BCUT2D eigenvalue weighted by atomic mass is 32.2. The van der Waals surface area contributed by atoms with E-state index in [9.17, 15) is 8.78 Å². The monoisotopic (exact) mass is 295 g/mol. The summed E-state index contributed by atoms with van der Waals surface area (Å²) in [7, 11) is 0. The molecule has 5 heteroatoms. The molecule has 106 valence electrons. The van der Waals surface area contributed by atoms with Crippen molar-refractivity contribution in [2.24, 2.45) is 5.73 Å². The molecule has 2 aromatic rings. The van der Waals surface area contributed by atoms with Gasteiger partial charge in [0.1, 0.15) is 5.75 Å². The lowest BCUT2D eigenvalue weighted by Crippen LogP contribution is -2.02. The van der Waals surface area contributed by atoms with Crippen molar-refractivity contribution < 1.29 is 13.5 Å². The molecule has 0 fully saturated rings. The molecule has 0 spiro atoms. The lowest BCUT2D eigenvalue weighted by atomic mass is 10.2. The first-order chi connectivity index (χ1) is 9.67. The quantitative estimate of drug-likeness (QED) is 0.834. The van der Waals surface area contributed by atoms with Gasteiger partial charge in [-0.2, -0.15) is 4.39 Å². The Hall–Kier alpha value is -1.59. The van der Waals surface area contributed by atoms with Crippen molar-refractivity contribution >= 4 is 11.8 Å². The van der Waals surface area contributed by atoms with Crippen LogP contribution in [0.5, 0.6) is 11.5 Å². The summed E-state index contributed by atoms with van der Waals surface area (Å²) < 4.78 is 32.3. The Labute approximate surface area is 120 Å². The second kappa shape index (κ2) is 6.72. The Balaban J connectivity index is 2.38. The zero-order valence-electron chi connectivity index (χ0n) is 11.0. The Morgan fingerprint density at radius 1 is 1.10 bits per heavy atom. The predicted octanol–water partition coefficient (Wildman–Crippen LogP) is 4.33. The Morgan fingerprint density at radius 2 is 1.80 bits per heavy atom. The summed E-state index contributed by atoms with van der Waals surface area (Å²) in [6.07, 6.45) is 0. The molecule has 0 bridgehead atoms. The molecule has 0 radical (unpaired) electrons. The molecule has 0 saturated heterocycles. The van der Waals surface area contributed by atoms with Gasteiger partial charge >= 0.3 is 0 Å². The van der Waals surface area contributed by atoms with Crippen molar-refractivity contribution in [2.45, 2.75) is 18.4 Å². The first kappa shape index (κ1) is 14.8. The number of ether oxygens (including phenoxy) is 1. The summed E-state index contributed by atoms with van der Waals surface area (Å²) in [4.78, 5) is 0.990. The minimum atomic E-state index is -0.996. The van der Waals surface area contributed by atoms with Gasteiger partial charge < -0.3 is 10.5 Å². The average Bonchev–Trinajstić information content (AvgIpc) is 2.44. The number of benzene rings is 2. The molecule has 0 amide bonds. The van der Waals surface area contributed by atoms with Gasteiger partial charge in [0.2, 0.25) is 5.82 Å². The normalized spacial score (nSPS) is 10.6. The van der Waals surface area contributed by atoms with Gasteiger partial charge in [0.15, 0.2) is 11.6 Å². The number of hydrogen-bond acceptors (Lipinski definition) is 3. The molecule has 0 aliphatic heterocycles. The van der Waals surface area contributed by atoms with Crippen LogP contribution in [0.3, 0.4) is 0 Å². The largest absolute Gasteiger partial charge is 0.454 e. The van der Waals surface area contributed by atoms with Crippen molar-refractivity contribution in [3.05, 3.63) is 53.6 Å². The van der Waals surface area contributed by atoms with Gasteiger partial charge in [-0.05, 0) is 30.0 Å². The van der Waals surface area contributed by atoms with Crippen molar-refractivity contribution in [2.75, 3.05) is 5.75 Å². The van der Waals surface area contributed by atoms with E-state index in [1.54, 1.807) is 17.8 Å². The van der Waals surface area contributed by atoms with E-state index in [1.165, 1.54) is 12.1 Å². The van der Waals surface area contributed by atoms with Crippen molar-refractivity contribution in [3.8, 4) is 11.5 Å². The highest BCUT2D eigenvalue weighted by Crippen LogP contribution is 2.33. The van der Waals surface area contributed by atoms with Crippen LogP contribution in [0.15, 0.2) is 41.3 Å². The van der Waals surface area contributed by atoms with Crippen LogP contribution in [0.2, 0.25) is 0 Å². The molecule has 20 heavy (non-hydrogen) atoms. The zero-order chi connectivity index (χ0) is 14.5. The van der Waals surface area contributed by atoms with Gasteiger partial charge in [0.05, 0.1) is 0 Å². The molecule has 0 atom stereocenters. The van der Waals surface area contributed by atoms with Gasteiger partial charge in [0.25, 0.3) is 0 Å². The smallest absolute Gasteiger partial charge is 0.201 e. The maximum atomic E-state index is 13.6. The standard InChI is InChI=1S/C15H15F2NOS/c1-2-20-14-8-4-6-12(10(14)9-18)19-13-7-3-5-11(16)15(13)17/h3-8H,2,9,18H2,1H3. The second-order valence-electron chi connectivity index (χ2n) is 4.02. The van der Waals surface area contributed by atoms with Crippen molar-refractivity contribution in [1.29, 1.82) is 0 Å². The highest BCUT2D eigenvalue weighted by molar-refractivity contribution is 7.99. The third kappa shape index (κ3) is 3.11. The van der Waals surface area contributed by atoms with Crippen LogP contribution in [0.4, 0.5) is 8.78 Å². The Morgan fingerprint density at radius 3 is 2.50 bits per heavy atom. The van der Waals surface area contributed by atoms with Crippen molar-refractivity contribution in [3.63, 3.8) is 0 Å². The van der Waals surface area contributed by atoms with E-state index >= 15 is 0 Å². The van der Waals surface area contributed by atoms with Gasteiger partial charge in [-0.3, -0.25) is 0 Å². The topological polar surface area (TPSA) is 35.2 Å². The molecule has 2 rings (SSSR count). The van der Waals surface area contributed by atoms with Gasteiger partial charge in [-0.25, -0.2) is 4.39 Å². The minimum absolute atomic E-state index is 0.140. The first-order valence-electron chi connectivity index (χ1n) is 6.24. The lowest BCUT2D eigenvalue weighted by Gasteiger charge is -2.14. The first-order valence-corrected chi connectivity index (χ1v) is 7.22. The number of halogens is 2. The third-order valence-electron chi connectivity index (χ3n) is 2.73. The molecule has 2 aromatic carbocycles. The molecule has 0 heterocycles. The van der Waals surface area contributed by atoms with E-state index < -0.39 is 11.6 Å². The molecule has 2 N–H and O–H groups in total. The fraction of sp³-hybridized carbons (Fsp3) is 0.200. The summed E-state index contributed by atoms with van der Waals surface area (Å²) >= 11 is 1.63. The second-order valence-corrected chi connectivity index (χ2v) is 5.33. The van der Waals surface area contributed by atoms with Gasteiger partial charge in [0, 0.05) is 17.0 Å². The summed E-state index contributed by atoms with van der Waals surface area (Å²) in [6.45, 7) is 2.31. The highest BCUT2D eigenvalue weighted by Gasteiger charge is 2.13. The Kier molecular flexibility index (Phi) is 4.98. The van der Waals surface area contributed by atoms with E-state index in [1.807, 2.05) is 19.1 Å². The van der Waals surface area contributed by atoms with Gasteiger partial charge in [-0.15, -0.1) is 11.8 Å². The third-order valence-corrected chi connectivity index (χ3v) is 3.71. The predicted molar refractivity (Wildman–Crippen MR) is 77.2 cm³/mol. The molecule has 0 saturated carbocycles. The summed E-state index contributed by atoms with van der Waals surface area (Å²) in [5.74, 6) is -0.723. The molecule has 0 aromatic heterocycles. The van der Waals surface area contributed by atoms with E-state index in [4.69, 9.17) is 10.5 Å². The zero-order valence-corrected chi connectivity index (χ0v) is 11.8. The average molecular weight is 295 g/mol. The van der Waals surface area contributed by atoms with Gasteiger partial charge in [-0.1, -0.05) is 19.1 Å². The number of hydrogen-bond donors (Lipinski definition) is 1. The molecular weight excluding hydrogens is 280 g/mol. The van der Waals surface area contributed by atoms with E-state index in [0.29, 0.717) is 5.75 Å². The van der Waals surface area contributed by atoms with E-state index in [0.717, 1.165) is 22.3 Å². The fourth-order valence-corrected chi connectivity index (χ4v) is 2.66. The molecule has 0 aliphatic rings. The summed E-state index contributed by atoms with van der Waals surface area (Å²) in [5, 5.41) is 0. The van der Waals surface area contributed by atoms with Crippen LogP contribution in [-0.2, 0) is 6.54 Å². The molecule has 0 unspecified atom stereocenters. The SMILES string of the molecule is CCSc1cccc(Oc2cccc(F)c2F)c1CN. The summed E-state index contributed by atoms with van der Waals surface area (Å²) in [5.41, 5.74) is 6.54. The van der Waals surface area contributed by atoms with Crippen LogP contribution < -0.4 is 10.5 Å². The minimum Gasteiger partial charge on any atom is -0.454 e. The maximum absolute atomic E-state index is 13.6. The number of nitrogens with two attached hydrogens (primary N) is 1. The maximum Gasteiger partial charge on any atom is 0.201 e. The molecular formula is C15H15F2NOS. The van der Waals surface area contributed by atoms with E-state index in [2.05, 4.69) is 0 Å².